The molecule has 0 spiro atoms. The number of likely N-dealkylation sites (tertiary alicyclic amines) is 1. The summed E-state index contributed by atoms with van der Waals surface area (Å²) in [6, 6.07) is 0.600. The van der Waals surface area contributed by atoms with Gasteiger partial charge in [0.2, 0.25) is 0 Å². The third-order valence-corrected chi connectivity index (χ3v) is 4.16. The zero-order chi connectivity index (χ0) is 14.4. The lowest BCUT2D eigenvalue weighted by Crippen LogP contribution is -2.51. The van der Waals surface area contributed by atoms with Crippen LogP contribution in [0.5, 0.6) is 0 Å². The Kier molecular flexibility index (Phi) is 8.36. The van der Waals surface area contributed by atoms with Gasteiger partial charge in [-0.1, -0.05) is 0 Å². The van der Waals surface area contributed by atoms with Gasteiger partial charge in [-0.3, -0.25) is 9.79 Å². The SMILES string of the molecule is CCN=C(NC1CCC1)N1CCC(C(=O)OCC)CC1.I. The minimum atomic E-state index is -0.0342. The summed E-state index contributed by atoms with van der Waals surface area (Å²) in [5.41, 5.74) is 0. The van der Waals surface area contributed by atoms with Crippen molar-refractivity contribution in [1.29, 1.82) is 0 Å². The van der Waals surface area contributed by atoms with E-state index in [2.05, 4.69) is 22.1 Å². The van der Waals surface area contributed by atoms with Crippen LogP contribution >= 0.6 is 24.0 Å². The highest BCUT2D eigenvalue weighted by molar-refractivity contribution is 14.0. The average Bonchev–Trinajstić information content (AvgIpc) is 2.42. The molecule has 0 aromatic carbocycles. The van der Waals surface area contributed by atoms with Gasteiger partial charge in [0.1, 0.15) is 0 Å². The fourth-order valence-electron chi connectivity index (χ4n) is 2.71. The Morgan fingerprint density at radius 3 is 2.38 bits per heavy atom. The fourth-order valence-corrected chi connectivity index (χ4v) is 2.71. The molecule has 0 bridgehead atoms. The van der Waals surface area contributed by atoms with E-state index < -0.39 is 0 Å². The van der Waals surface area contributed by atoms with Gasteiger partial charge in [-0.2, -0.15) is 0 Å². The zero-order valence-corrected chi connectivity index (χ0v) is 15.5. The molecule has 1 aliphatic heterocycles. The van der Waals surface area contributed by atoms with E-state index in [1.807, 2.05) is 6.92 Å². The van der Waals surface area contributed by atoms with E-state index in [0.717, 1.165) is 38.4 Å². The van der Waals surface area contributed by atoms with Gasteiger partial charge >= 0.3 is 5.97 Å². The monoisotopic (exact) mass is 409 g/mol. The summed E-state index contributed by atoms with van der Waals surface area (Å²) < 4.78 is 5.11. The molecule has 2 fully saturated rings. The second-order valence-corrected chi connectivity index (χ2v) is 5.58. The van der Waals surface area contributed by atoms with Crippen LogP contribution in [0.1, 0.15) is 46.0 Å². The average molecular weight is 409 g/mol. The first kappa shape index (κ1) is 18.5. The molecule has 5 nitrogen and oxygen atoms in total. The van der Waals surface area contributed by atoms with E-state index in [1.165, 1.54) is 19.3 Å². The van der Waals surface area contributed by atoms with Crippen LogP contribution in [-0.2, 0) is 9.53 Å². The van der Waals surface area contributed by atoms with Crippen molar-refractivity contribution >= 4 is 35.9 Å². The van der Waals surface area contributed by atoms with E-state index in [1.54, 1.807) is 0 Å². The normalized spacial score (nSPS) is 20.5. The quantitative estimate of drug-likeness (QED) is 0.335. The predicted molar refractivity (Wildman–Crippen MR) is 95.1 cm³/mol. The second kappa shape index (κ2) is 9.48. The molecule has 21 heavy (non-hydrogen) atoms. The lowest BCUT2D eigenvalue weighted by molar-refractivity contribution is -0.149. The lowest BCUT2D eigenvalue weighted by atomic mass is 9.93. The molecule has 2 rings (SSSR count). The standard InChI is InChI=1S/C15H27N3O2.HI/c1-3-16-15(17-13-6-5-7-13)18-10-8-12(9-11-18)14(19)20-4-2;/h12-13H,3-11H2,1-2H3,(H,16,17);1H. The van der Waals surface area contributed by atoms with E-state index in [9.17, 15) is 4.79 Å². The van der Waals surface area contributed by atoms with Crippen molar-refractivity contribution in [2.24, 2.45) is 10.9 Å². The number of guanidine groups is 1. The Morgan fingerprint density at radius 1 is 1.24 bits per heavy atom. The highest BCUT2D eigenvalue weighted by Crippen LogP contribution is 2.21. The van der Waals surface area contributed by atoms with Gasteiger partial charge in [0.05, 0.1) is 12.5 Å². The summed E-state index contributed by atoms with van der Waals surface area (Å²) in [4.78, 5) is 18.6. The maximum atomic E-state index is 11.7. The molecule has 1 N–H and O–H groups in total. The molecular formula is C15H28IN3O2. The van der Waals surface area contributed by atoms with Crippen LogP contribution in [0.4, 0.5) is 0 Å². The summed E-state index contributed by atoms with van der Waals surface area (Å²) in [6.45, 7) is 6.98. The number of carbonyl (C=O) groups is 1. The van der Waals surface area contributed by atoms with E-state index in [-0.39, 0.29) is 35.9 Å². The first-order chi connectivity index (χ1) is 9.74. The van der Waals surface area contributed by atoms with Crippen molar-refractivity contribution in [2.45, 2.75) is 52.0 Å². The first-order valence-electron chi connectivity index (χ1n) is 7.97. The summed E-state index contributed by atoms with van der Waals surface area (Å²) in [6.07, 6.45) is 5.56. The number of carbonyl (C=O) groups excluding carboxylic acids is 1. The second-order valence-electron chi connectivity index (χ2n) is 5.58. The number of piperidine rings is 1. The molecule has 0 amide bonds. The topological polar surface area (TPSA) is 53.9 Å². The summed E-state index contributed by atoms with van der Waals surface area (Å²) in [7, 11) is 0. The third kappa shape index (κ3) is 5.30. The van der Waals surface area contributed by atoms with Crippen LogP contribution in [0.25, 0.3) is 0 Å². The van der Waals surface area contributed by atoms with Crippen LogP contribution < -0.4 is 5.32 Å². The number of nitrogens with one attached hydrogen (secondary N) is 1. The highest BCUT2D eigenvalue weighted by Gasteiger charge is 2.28. The van der Waals surface area contributed by atoms with Crippen LogP contribution in [0.15, 0.2) is 4.99 Å². The van der Waals surface area contributed by atoms with Crippen molar-refractivity contribution in [3.8, 4) is 0 Å². The number of hydrogen-bond donors (Lipinski definition) is 1. The maximum Gasteiger partial charge on any atom is 0.309 e. The Bertz CT molecular complexity index is 351. The Morgan fingerprint density at radius 2 is 1.90 bits per heavy atom. The molecule has 122 valence electrons. The van der Waals surface area contributed by atoms with Crippen LogP contribution in [0.3, 0.4) is 0 Å². The van der Waals surface area contributed by atoms with Crippen molar-refractivity contribution in [1.82, 2.24) is 10.2 Å². The molecule has 0 aromatic heterocycles. The fraction of sp³-hybridized carbons (Fsp3) is 0.867. The van der Waals surface area contributed by atoms with Crippen molar-refractivity contribution in [2.75, 3.05) is 26.2 Å². The number of halogens is 1. The molecule has 1 aliphatic carbocycles. The van der Waals surface area contributed by atoms with Crippen molar-refractivity contribution in [3.05, 3.63) is 0 Å². The van der Waals surface area contributed by atoms with Gasteiger partial charge in [0.25, 0.3) is 0 Å². The Hall–Kier alpha value is -0.530. The Labute approximate surface area is 144 Å². The smallest absolute Gasteiger partial charge is 0.309 e. The van der Waals surface area contributed by atoms with Gasteiger partial charge in [-0.25, -0.2) is 0 Å². The van der Waals surface area contributed by atoms with Crippen molar-refractivity contribution in [3.63, 3.8) is 0 Å². The molecule has 6 heteroatoms. The van der Waals surface area contributed by atoms with Gasteiger partial charge in [-0.05, 0) is 46.0 Å². The van der Waals surface area contributed by atoms with E-state index in [0.29, 0.717) is 12.6 Å². The van der Waals surface area contributed by atoms with Crippen LogP contribution in [0.2, 0.25) is 0 Å². The highest BCUT2D eigenvalue weighted by atomic mass is 127. The largest absolute Gasteiger partial charge is 0.466 e. The number of nitrogens with zero attached hydrogens (tertiary/aromatic N) is 2. The molecule has 0 aromatic rings. The van der Waals surface area contributed by atoms with Gasteiger partial charge in [0.15, 0.2) is 5.96 Å². The van der Waals surface area contributed by atoms with Crippen LogP contribution in [-0.4, -0.2) is 49.1 Å². The molecule has 0 unspecified atom stereocenters. The number of esters is 1. The van der Waals surface area contributed by atoms with Gasteiger partial charge in [0, 0.05) is 25.7 Å². The summed E-state index contributed by atoms with van der Waals surface area (Å²) >= 11 is 0. The van der Waals surface area contributed by atoms with E-state index in [4.69, 9.17) is 4.74 Å². The molecule has 0 atom stereocenters. The summed E-state index contributed by atoms with van der Waals surface area (Å²) in [5, 5.41) is 3.55. The zero-order valence-electron chi connectivity index (χ0n) is 13.1. The maximum absolute atomic E-state index is 11.7. The minimum Gasteiger partial charge on any atom is -0.466 e. The number of rotatable bonds is 4. The van der Waals surface area contributed by atoms with Gasteiger partial charge < -0.3 is 15.0 Å². The van der Waals surface area contributed by atoms with Gasteiger partial charge in [-0.15, -0.1) is 24.0 Å². The van der Waals surface area contributed by atoms with Crippen molar-refractivity contribution < 1.29 is 9.53 Å². The number of aliphatic imine (C=N–C) groups is 1. The number of ether oxygens (including phenoxy) is 1. The first-order valence-corrected chi connectivity index (χ1v) is 7.97. The molecule has 0 radical (unpaired) electrons. The predicted octanol–water partition coefficient (Wildman–Crippen LogP) is 2.40. The Balaban J connectivity index is 0.00000220. The molecule has 1 heterocycles. The summed E-state index contributed by atoms with van der Waals surface area (Å²) in [5.74, 6) is 1.06. The van der Waals surface area contributed by atoms with Crippen LogP contribution in [0, 0.1) is 5.92 Å². The molecule has 2 aliphatic rings. The minimum absolute atomic E-state index is 0. The molecule has 1 saturated carbocycles. The molecular weight excluding hydrogens is 381 g/mol. The lowest BCUT2D eigenvalue weighted by Gasteiger charge is -2.37. The van der Waals surface area contributed by atoms with E-state index >= 15 is 0 Å². The molecule has 1 saturated heterocycles. The third-order valence-electron chi connectivity index (χ3n) is 4.16. The number of hydrogen-bond acceptors (Lipinski definition) is 3.